The Morgan fingerprint density at radius 1 is 1.10 bits per heavy atom. The molecule has 0 unspecified atom stereocenters. The first-order chi connectivity index (χ1) is 14.2. The first kappa shape index (κ1) is 19.4. The van der Waals surface area contributed by atoms with Gasteiger partial charge >= 0.3 is 5.63 Å². The lowest BCUT2D eigenvalue weighted by Gasteiger charge is -2.03. The second-order valence-corrected chi connectivity index (χ2v) is 8.36. The number of rotatable bonds is 7. The van der Waals surface area contributed by atoms with E-state index in [1.807, 2.05) is 36.4 Å². The highest BCUT2D eigenvalue weighted by atomic mass is 32.2. The van der Waals surface area contributed by atoms with E-state index in [1.165, 1.54) is 16.2 Å². The molecular weight excluding hydrogens is 404 g/mol. The van der Waals surface area contributed by atoms with Crippen molar-refractivity contribution < 1.29 is 9.21 Å². The summed E-state index contributed by atoms with van der Waals surface area (Å²) in [4.78, 5) is 30.0. The number of amides is 1. The fraction of sp³-hybridized carbons (Fsp3) is 0.136. The third-order valence-corrected chi connectivity index (χ3v) is 6.08. The van der Waals surface area contributed by atoms with E-state index in [1.54, 1.807) is 29.3 Å². The van der Waals surface area contributed by atoms with Crippen molar-refractivity contribution in [1.29, 1.82) is 0 Å². The summed E-state index contributed by atoms with van der Waals surface area (Å²) in [5.74, 6) is 0.795. The summed E-state index contributed by atoms with van der Waals surface area (Å²) in [7, 11) is 0. The Bertz CT molecular complexity index is 1190. The van der Waals surface area contributed by atoms with Crippen LogP contribution in [0.15, 0.2) is 80.2 Å². The predicted molar refractivity (Wildman–Crippen MR) is 119 cm³/mol. The maximum atomic E-state index is 12.3. The van der Waals surface area contributed by atoms with Crippen LogP contribution < -0.4 is 10.9 Å². The summed E-state index contributed by atoms with van der Waals surface area (Å²) < 4.78 is 5.36. The maximum absolute atomic E-state index is 12.3. The predicted octanol–water partition coefficient (Wildman–Crippen LogP) is 5.43. The van der Waals surface area contributed by atoms with E-state index in [4.69, 9.17) is 4.42 Å². The second kappa shape index (κ2) is 9.07. The highest BCUT2D eigenvalue weighted by Gasteiger charge is 2.13. The van der Waals surface area contributed by atoms with Crippen molar-refractivity contribution in [2.45, 2.75) is 17.7 Å². The minimum Gasteiger partial charge on any atom is -0.422 e. The van der Waals surface area contributed by atoms with E-state index in [-0.39, 0.29) is 5.91 Å². The summed E-state index contributed by atoms with van der Waals surface area (Å²) in [5, 5.41) is 5.88. The smallest absolute Gasteiger partial charge is 0.345 e. The summed E-state index contributed by atoms with van der Waals surface area (Å²) in [6.45, 7) is 0. The molecule has 0 radical (unpaired) electrons. The van der Waals surface area contributed by atoms with E-state index in [0.717, 1.165) is 17.6 Å². The normalized spacial score (nSPS) is 10.9. The van der Waals surface area contributed by atoms with Crippen LogP contribution in [0.25, 0.3) is 22.2 Å². The molecule has 0 saturated carbocycles. The van der Waals surface area contributed by atoms with Gasteiger partial charge in [0.1, 0.15) is 5.58 Å². The van der Waals surface area contributed by atoms with Crippen LogP contribution in [-0.2, 0) is 4.79 Å². The monoisotopic (exact) mass is 422 g/mol. The van der Waals surface area contributed by atoms with Crippen molar-refractivity contribution in [2.75, 3.05) is 11.1 Å². The highest BCUT2D eigenvalue weighted by Crippen LogP contribution is 2.25. The van der Waals surface area contributed by atoms with Gasteiger partial charge in [0.05, 0.1) is 11.3 Å². The van der Waals surface area contributed by atoms with E-state index >= 15 is 0 Å². The van der Waals surface area contributed by atoms with Crippen molar-refractivity contribution in [3.63, 3.8) is 0 Å². The summed E-state index contributed by atoms with van der Waals surface area (Å²) >= 11 is 3.03. The van der Waals surface area contributed by atoms with Gasteiger partial charge in [0.2, 0.25) is 5.91 Å². The fourth-order valence-corrected chi connectivity index (χ4v) is 4.42. The number of hydrogen-bond acceptors (Lipinski definition) is 6. The first-order valence-corrected chi connectivity index (χ1v) is 11.0. The lowest BCUT2D eigenvalue weighted by Crippen LogP contribution is -2.11. The van der Waals surface area contributed by atoms with Gasteiger partial charge in [-0.15, -0.1) is 23.1 Å². The molecule has 0 spiro atoms. The minimum atomic E-state index is -0.440. The van der Waals surface area contributed by atoms with Crippen molar-refractivity contribution >= 4 is 45.1 Å². The number of thioether (sulfide) groups is 1. The molecule has 5 nitrogen and oxygen atoms in total. The molecule has 146 valence electrons. The van der Waals surface area contributed by atoms with E-state index in [2.05, 4.69) is 22.4 Å². The SMILES string of the molecule is O=C(CCCSc1ccccc1)Nc1nc(-c2cc3ccccc3oc2=O)cs1. The average molecular weight is 423 g/mol. The van der Waals surface area contributed by atoms with Crippen LogP contribution >= 0.6 is 23.1 Å². The lowest BCUT2D eigenvalue weighted by molar-refractivity contribution is -0.116. The molecule has 7 heteroatoms. The van der Waals surface area contributed by atoms with Crippen LogP contribution in [0.2, 0.25) is 0 Å². The average Bonchev–Trinajstić information content (AvgIpc) is 3.19. The quantitative estimate of drug-likeness (QED) is 0.244. The number of thiazole rings is 1. The molecule has 29 heavy (non-hydrogen) atoms. The maximum Gasteiger partial charge on any atom is 0.345 e. The summed E-state index contributed by atoms with van der Waals surface area (Å²) in [6, 6.07) is 19.2. The van der Waals surface area contributed by atoms with Gasteiger partial charge in [0.25, 0.3) is 0 Å². The Morgan fingerprint density at radius 2 is 1.90 bits per heavy atom. The molecule has 0 aliphatic heterocycles. The standard InChI is InChI=1S/C22H18N2O3S2/c25-20(11-6-12-28-16-8-2-1-3-9-16)24-22-23-18(14-29-22)17-13-15-7-4-5-10-19(15)27-21(17)26/h1-5,7-10,13-14H,6,11-12H2,(H,23,24,25). The van der Waals surface area contributed by atoms with Gasteiger partial charge in [-0.1, -0.05) is 36.4 Å². The molecule has 0 aliphatic carbocycles. The number of nitrogens with one attached hydrogen (secondary N) is 1. The number of aromatic nitrogens is 1. The molecule has 1 amide bonds. The third-order valence-electron chi connectivity index (χ3n) is 4.23. The fourth-order valence-electron chi connectivity index (χ4n) is 2.82. The largest absolute Gasteiger partial charge is 0.422 e. The number of anilines is 1. The first-order valence-electron chi connectivity index (χ1n) is 9.15. The number of carbonyl (C=O) groups excluding carboxylic acids is 1. The van der Waals surface area contributed by atoms with Crippen molar-refractivity contribution in [3.05, 3.63) is 76.5 Å². The number of nitrogens with zero attached hydrogens (tertiary/aromatic N) is 1. The van der Waals surface area contributed by atoms with E-state index in [9.17, 15) is 9.59 Å². The molecule has 1 N–H and O–H groups in total. The molecule has 2 aromatic carbocycles. The minimum absolute atomic E-state index is 0.0786. The number of carbonyl (C=O) groups is 1. The molecule has 4 aromatic rings. The Labute approximate surface area is 175 Å². The molecule has 0 saturated heterocycles. The zero-order chi connectivity index (χ0) is 20.1. The molecule has 2 heterocycles. The van der Waals surface area contributed by atoms with Crippen LogP contribution in [0.4, 0.5) is 5.13 Å². The Kier molecular flexibility index (Phi) is 6.07. The van der Waals surface area contributed by atoms with E-state index < -0.39 is 5.63 Å². The number of hydrogen-bond donors (Lipinski definition) is 1. The third kappa shape index (κ3) is 4.93. The van der Waals surface area contributed by atoms with Crippen molar-refractivity contribution in [2.24, 2.45) is 0 Å². The van der Waals surface area contributed by atoms with E-state index in [0.29, 0.717) is 28.4 Å². The molecule has 2 aromatic heterocycles. The van der Waals surface area contributed by atoms with Gasteiger partial charge < -0.3 is 9.73 Å². The zero-order valence-electron chi connectivity index (χ0n) is 15.5. The van der Waals surface area contributed by atoms with Gasteiger partial charge in [-0.2, -0.15) is 0 Å². The molecule has 4 rings (SSSR count). The van der Waals surface area contributed by atoms with Gasteiger partial charge in [-0.3, -0.25) is 4.79 Å². The molecule has 0 fully saturated rings. The van der Waals surface area contributed by atoms with Crippen molar-refractivity contribution in [1.82, 2.24) is 4.98 Å². The molecule has 0 bridgehead atoms. The van der Waals surface area contributed by atoms with Crippen LogP contribution in [0.1, 0.15) is 12.8 Å². The molecule has 0 atom stereocenters. The van der Waals surface area contributed by atoms with Crippen LogP contribution in [0.3, 0.4) is 0 Å². The van der Waals surface area contributed by atoms with Crippen LogP contribution in [0.5, 0.6) is 0 Å². The van der Waals surface area contributed by atoms with Gasteiger partial charge in [-0.05, 0) is 36.4 Å². The second-order valence-electron chi connectivity index (χ2n) is 6.34. The Hall–Kier alpha value is -2.90. The van der Waals surface area contributed by atoms with Gasteiger partial charge in [-0.25, -0.2) is 9.78 Å². The Morgan fingerprint density at radius 3 is 2.76 bits per heavy atom. The Balaban J connectivity index is 1.35. The topological polar surface area (TPSA) is 72.2 Å². The van der Waals surface area contributed by atoms with Gasteiger partial charge in [0, 0.05) is 22.1 Å². The van der Waals surface area contributed by atoms with Gasteiger partial charge in [0.15, 0.2) is 5.13 Å². The lowest BCUT2D eigenvalue weighted by atomic mass is 10.1. The molecule has 0 aliphatic rings. The summed E-state index contributed by atoms with van der Waals surface area (Å²) in [6.07, 6.45) is 1.20. The molecular formula is C22H18N2O3S2. The summed E-state index contributed by atoms with van der Waals surface area (Å²) in [5.41, 5.74) is 0.993. The number of benzene rings is 2. The van der Waals surface area contributed by atoms with Crippen LogP contribution in [0, 0.1) is 0 Å². The van der Waals surface area contributed by atoms with Crippen LogP contribution in [-0.4, -0.2) is 16.6 Å². The highest BCUT2D eigenvalue weighted by molar-refractivity contribution is 7.99. The number of fused-ring (bicyclic) bond motifs is 1. The van der Waals surface area contributed by atoms with Crippen molar-refractivity contribution in [3.8, 4) is 11.3 Å². The zero-order valence-corrected chi connectivity index (χ0v) is 17.1. The number of para-hydroxylation sites is 1.